The normalized spacial score (nSPS) is 24.1. The van der Waals surface area contributed by atoms with Gasteiger partial charge in [0.15, 0.2) is 0 Å². The van der Waals surface area contributed by atoms with Crippen LogP contribution < -0.4 is 5.32 Å². The minimum atomic E-state index is -0.283. The molecular formula is C12H13ClN2O. The molecule has 0 spiro atoms. The van der Waals surface area contributed by atoms with Gasteiger partial charge in [-0.05, 0) is 37.5 Å². The summed E-state index contributed by atoms with van der Waals surface area (Å²) >= 11 is 5.93. The van der Waals surface area contributed by atoms with Crippen LogP contribution in [0.5, 0.6) is 0 Å². The number of nitrogens with one attached hydrogen (secondary N) is 1. The summed E-state index contributed by atoms with van der Waals surface area (Å²) in [5.74, 6) is 0. The molecule has 0 saturated heterocycles. The molecule has 1 fully saturated rings. The predicted molar refractivity (Wildman–Crippen MR) is 63.4 cm³/mol. The number of anilines is 1. The first-order chi connectivity index (χ1) is 7.70. The van der Waals surface area contributed by atoms with Crippen molar-refractivity contribution in [3.63, 3.8) is 0 Å². The van der Waals surface area contributed by atoms with E-state index in [1.807, 2.05) is 12.1 Å². The third-order valence-corrected chi connectivity index (χ3v) is 3.23. The van der Waals surface area contributed by atoms with Crippen molar-refractivity contribution < 1.29 is 5.11 Å². The Bertz CT molecular complexity index is 428. The number of aliphatic hydroxyl groups is 1. The zero-order valence-corrected chi connectivity index (χ0v) is 9.54. The average molecular weight is 237 g/mol. The zero-order chi connectivity index (χ0) is 11.5. The maximum atomic E-state index is 9.67. The van der Waals surface area contributed by atoms with E-state index in [-0.39, 0.29) is 12.1 Å². The van der Waals surface area contributed by atoms with Crippen LogP contribution in [0.4, 0.5) is 5.69 Å². The van der Waals surface area contributed by atoms with Gasteiger partial charge in [0.05, 0.1) is 22.7 Å². The van der Waals surface area contributed by atoms with Gasteiger partial charge in [-0.25, -0.2) is 0 Å². The average Bonchev–Trinajstić information content (AvgIpc) is 2.65. The molecule has 0 radical (unpaired) electrons. The third-order valence-electron chi connectivity index (χ3n) is 2.92. The topological polar surface area (TPSA) is 56.0 Å². The van der Waals surface area contributed by atoms with Gasteiger partial charge in [0.2, 0.25) is 0 Å². The molecule has 2 N–H and O–H groups in total. The quantitative estimate of drug-likeness (QED) is 0.830. The van der Waals surface area contributed by atoms with Gasteiger partial charge in [0.1, 0.15) is 6.07 Å². The second kappa shape index (κ2) is 4.73. The van der Waals surface area contributed by atoms with Gasteiger partial charge in [-0.3, -0.25) is 0 Å². The molecule has 3 nitrogen and oxygen atoms in total. The van der Waals surface area contributed by atoms with Crippen LogP contribution in [0.2, 0.25) is 5.02 Å². The van der Waals surface area contributed by atoms with E-state index in [9.17, 15) is 5.11 Å². The van der Waals surface area contributed by atoms with Crippen molar-refractivity contribution >= 4 is 17.3 Å². The van der Waals surface area contributed by atoms with Gasteiger partial charge in [-0.2, -0.15) is 5.26 Å². The van der Waals surface area contributed by atoms with E-state index in [0.29, 0.717) is 10.6 Å². The Morgan fingerprint density at radius 3 is 2.81 bits per heavy atom. The van der Waals surface area contributed by atoms with E-state index in [2.05, 4.69) is 5.32 Å². The monoisotopic (exact) mass is 236 g/mol. The molecule has 2 rings (SSSR count). The van der Waals surface area contributed by atoms with Crippen molar-refractivity contribution in [2.45, 2.75) is 31.4 Å². The number of hydrogen-bond donors (Lipinski definition) is 2. The summed E-state index contributed by atoms with van der Waals surface area (Å²) in [6.07, 6.45) is 2.58. The van der Waals surface area contributed by atoms with E-state index >= 15 is 0 Å². The zero-order valence-electron chi connectivity index (χ0n) is 8.78. The van der Waals surface area contributed by atoms with Crippen molar-refractivity contribution in [3.05, 3.63) is 28.8 Å². The minimum absolute atomic E-state index is 0.101. The molecule has 0 amide bonds. The highest BCUT2D eigenvalue weighted by Crippen LogP contribution is 2.25. The SMILES string of the molecule is N#Cc1ccc(N[C@@H]2CCC[C@H]2O)cc1Cl. The van der Waals surface area contributed by atoms with Crippen LogP contribution in [0, 0.1) is 11.3 Å². The smallest absolute Gasteiger partial charge is 0.101 e. The Balaban J connectivity index is 2.11. The second-order valence-electron chi connectivity index (χ2n) is 4.06. The number of nitriles is 1. The van der Waals surface area contributed by atoms with Crippen molar-refractivity contribution in [1.29, 1.82) is 5.26 Å². The molecule has 4 heteroatoms. The number of hydrogen-bond acceptors (Lipinski definition) is 3. The van der Waals surface area contributed by atoms with Crippen LogP contribution in [0.3, 0.4) is 0 Å². The lowest BCUT2D eigenvalue weighted by Crippen LogP contribution is -2.27. The Morgan fingerprint density at radius 2 is 2.25 bits per heavy atom. The third kappa shape index (κ3) is 2.29. The molecule has 1 aromatic rings. The molecule has 0 aliphatic heterocycles. The van der Waals surface area contributed by atoms with E-state index in [4.69, 9.17) is 16.9 Å². The summed E-state index contributed by atoms with van der Waals surface area (Å²) in [5.41, 5.74) is 1.33. The fourth-order valence-corrected chi connectivity index (χ4v) is 2.24. The molecule has 84 valence electrons. The van der Waals surface area contributed by atoms with Crippen molar-refractivity contribution in [2.75, 3.05) is 5.32 Å². The van der Waals surface area contributed by atoms with Crippen LogP contribution in [0.15, 0.2) is 18.2 Å². The predicted octanol–water partition coefficient (Wildman–Crippen LogP) is 2.54. The lowest BCUT2D eigenvalue weighted by molar-refractivity contribution is 0.172. The molecule has 0 aromatic heterocycles. The Kier molecular flexibility index (Phi) is 3.33. The summed E-state index contributed by atoms with van der Waals surface area (Å²) in [6.45, 7) is 0. The first-order valence-corrected chi connectivity index (χ1v) is 5.73. The number of aliphatic hydroxyl groups excluding tert-OH is 1. The van der Waals surface area contributed by atoms with Gasteiger partial charge in [-0.15, -0.1) is 0 Å². The van der Waals surface area contributed by atoms with Crippen LogP contribution >= 0.6 is 11.6 Å². The molecule has 1 saturated carbocycles. The fraction of sp³-hybridized carbons (Fsp3) is 0.417. The Hall–Kier alpha value is -1.24. The largest absolute Gasteiger partial charge is 0.391 e. The number of halogens is 1. The van der Waals surface area contributed by atoms with Gasteiger partial charge in [-0.1, -0.05) is 11.6 Å². The molecule has 1 aliphatic rings. The standard InChI is InChI=1S/C12H13ClN2O/c13-10-6-9(5-4-8(10)7-14)15-11-2-1-3-12(11)16/h4-6,11-12,15-16H,1-3H2/t11-,12-/m1/s1. The first kappa shape index (κ1) is 11.3. The summed E-state index contributed by atoms with van der Waals surface area (Å²) in [4.78, 5) is 0. The number of rotatable bonds is 2. The lowest BCUT2D eigenvalue weighted by atomic mass is 10.1. The summed E-state index contributed by atoms with van der Waals surface area (Å²) < 4.78 is 0. The molecule has 1 aliphatic carbocycles. The van der Waals surface area contributed by atoms with Crippen molar-refractivity contribution in [2.24, 2.45) is 0 Å². The van der Waals surface area contributed by atoms with Crippen LogP contribution in [0.1, 0.15) is 24.8 Å². The number of benzene rings is 1. The second-order valence-corrected chi connectivity index (χ2v) is 4.46. The van der Waals surface area contributed by atoms with Gasteiger partial charge < -0.3 is 10.4 Å². The highest BCUT2D eigenvalue weighted by atomic mass is 35.5. The van der Waals surface area contributed by atoms with Gasteiger partial charge in [0.25, 0.3) is 0 Å². The Labute approximate surface area is 99.7 Å². The van der Waals surface area contributed by atoms with Crippen molar-refractivity contribution in [3.8, 4) is 6.07 Å². The Morgan fingerprint density at radius 1 is 1.44 bits per heavy atom. The van der Waals surface area contributed by atoms with E-state index in [1.165, 1.54) is 0 Å². The molecule has 2 atom stereocenters. The summed E-state index contributed by atoms with van der Waals surface area (Å²) in [5, 5.41) is 22.1. The maximum absolute atomic E-state index is 9.67. The van der Waals surface area contributed by atoms with E-state index in [0.717, 1.165) is 24.9 Å². The van der Waals surface area contributed by atoms with E-state index in [1.54, 1.807) is 12.1 Å². The molecule has 1 aromatic carbocycles. The van der Waals surface area contributed by atoms with Crippen molar-refractivity contribution in [1.82, 2.24) is 0 Å². The van der Waals surface area contributed by atoms with Crippen LogP contribution in [-0.4, -0.2) is 17.3 Å². The molecular weight excluding hydrogens is 224 g/mol. The summed E-state index contributed by atoms with van der Waals surface area (Å²) in [6, 6.07) is 7.35. The molecule has 16 heavy (non-hydrogen) atoms. The molecule has 0 unspecified atom stereocenters. The minimum Gasteiger partial charge on any atom is -0.391 e. The molecule has 0 heterocycles. The fourth-order valence-electron chi connectivity index (χ4n) is 2.02. The maximum Gasteiger partial charge on any atom is 0.101 e. The van der Waals surface area contributed by atoms with Gasteiger partial charge >= 0.3 is 0 Å². The molecule has 0 bridgehead atoms. The highest BCUT2D eigenvalue weighted by molar-refractivity contribution is 6.32. The number of nitrogens with zero attached hydrogens (tertiary/aromatic N) is 1. The van der Waals surface area contributed by atoms with E-state index < -0.39 is 0 Å². The van der Waals surface area contributed by atoms with Crippen LogP contribution in [0.25, 0.3) is 0 Å². The highest BCUT2D eigenvalue weighted by Gasteiger charge is 2.24. The first-order valence-electron chi connectivity index (χ1n) is 5.35. The van der Waals surface area contributed by atoms with Crippen LogP contribution in [-0.2, 0) is 0 Å². The lowest BCUT2D eigenvalue weighted by Gasteiger charge is -2.17. The summed E-state index contributed by atoms with van der Waals surface area (Å²) in [7, 11) is 0. The van der Waals surface area contributed by atoms with Gasteiger partial charge in [0, 0.05) is 5.69 Å².